The average Bonchev–Trinajstić information content (AvgIpc) is 2.40. The molecule has 0 heterocycles. The van der Waals surface area contributed by atoms with Crippen molar-refractivity contribution in [2.45, 2.75) is 37.5 Å². The van der Waals surface area contributed by atoms with E-state index in [2.05, 4.69) is 28.1 Å². The minimum absolute atomic E-state index is 0.144. The van der Waals surface area contributed by atoms with Crippen LogP contribution in [0.5, 0.6) is 5.75 Å². The molecule has 1 aliphatic rings. The summed E-state index contributed by atoms with van der Waals surface area (Å²) in [5.41, 5.74) is 7.53. The predicted molar refractivity (Wildman–Crippen MR) is 74.5 cm³/mol. The summed E-state index contributed by atoms with van der Waals surface area (Å²) in [7, 11) is 1.71. The first-order chi connectivity index (χ1) is 8.22. The van der Waals surface area contributed by atoms with Gasteiger partial charge < -0.3 is 10.5 Å². The molecule has 3 heteroatoms. The number of halogens is 1. The Morgan fingerprint density at radius 2 is 2.00 bits per heavy atom. The molecule has 2 rings (SSSR count). The van der Waals surface area contributed by atoms with Crippen LogP contribution in [-0.2, 0) is 5.41 Å². The fourth-order valence-corrected chi connectivity index (χ4v) is 3.52. The van der Waals surface area contributed by atoms with E-state index in [-0.39, 0.29) is 5.41 Å². The lowest BCUT2D eigenvalue weighted by atomic mass is 9.69. The number of ether oxygens (including phenoxy) is 1. The maximum Gasteiger partial charge on any atom is 0.119 e. The van der Waals surface area contributed by atoms with E-state index in [1.807, 2.05) is 6.07 Å². The molecule has 1 aliphatic carbocycles. The van der Waals surface area contributed by atoms with Crippen molar-refractivity contribution in [2.24, 2.45) is 5.73 Å². The van der Waals surface area contributed by atoms with Crippen LogP contribution < -0.4 is 10.5 Å². The van der Waals surface area contributed by atoms with Crippen molar-refractivity contribution in [1.29, 1.82) is 0 Å². The molecule has 0 amide bonds. The molecule has 0 aliphatic heterocycles. The summed E-state index contributed by atoms with van der Waals surface area (Å²) >= 11 is 3.66. The molecule has 1 aromatic rings. The maximum absolute atomic E-state index is 6.07. The quantitative estimate of drug-likeness (QED) is 0.925. The second-order valence-electron chi connectivity index (χ2n) is 4.89. The molecule has 0 unspecified atom stereocenters. The van der Waals surface area contributed by atoms with Crippen LogP contribution >= 0.6 is 15.9 Å². The lowest BCUT2D eigenvalue weighted by Gasteiger charge is -2.37. The van der Waals surface area contributed by atoms with E-state index in [9.17, 15) is 0 Å². The van der Waals surface area contributed by atoms with Gasteiger partial charge in [-0.2, -0.15) is 0 Å². The number of nitrogens with two attached hydrogens (primary N) is 1. The summed E-state index contributed by atoms with van der Waals surface area (Å²) in [6.07, 6.45) is 6.27. The summed E-state index contributed by atoms with van der Waals surface area (Å²) in [4.78, 5) is 0. The molecule has 0 radical (unpaired) electrons. The van der Waals surface area contributed by atoms with E-state index in [1.165, 1.54) is 37.7 Å². The van der Waals surface area contributed by atoms with Gasteiger partial charge in [-0.1, -0.05) is 35.2 Å². The minimum Gasteiger partial charge on any atom is -0.497 e. The fourth-order valence-electron chi connectivity index (χ4n) is 2.85. The second-order valence-corrected chi connectivity index (χ2v) is 5.75. The number of rotatable bonds is 3. The van der Waals surface area contributed by atoms with E-state index in [1.54, 1.807) is 7.11 Å². The third kappa shape index (κ3) is 2.50. The van der Waals surface area contributed by atoms with Gasteiger partial charge in [0.25, 0.3) is 0 Å². The van der Waals surface area contributed by atoms with Gasteiger partial charge in [-0.3, -0.25) is 0 Å². The third-order valence-electron chi connectivity index (χ3n) is 3.95. The van der Waals surface area contributed by atoms with Crippen molar-refractivity contribution in [2.75, 3.05) is 13.7 Å². The summed E-state index contributed by atoms with van der Waals surface area (Å²) < 4.78 is 6.49. The predicted octanol–water partition coefficient (Wildman–Crippen LogP) is 3.62. The summed E-state index contributed by atoms with van der Waals surface area (Å²) in [6, 6.07) is 6.20. The van der Waals surface area contributed by atoms with Gasteiger partial charge in [0.1, 0.15) is 5.75 Å². The van der Waals surface area contributed by atoms with E-state index in [4.69, 9.17) is 10.5 Å². The molecule has 1 saturated carbocycles. The smallest absolute Gasteiger partial charge is 0.119 e. The van der Waals surface area contributed by atoms with Crippen LogP contribution in [0.2, 0.25) is 0 Å². The molecule has 94 valence electrons. The van der Waals surface area contributed by atoms with Crippen LogP contribution in [0, 0.1) is 0 Å². The van der Waals surface area contributed by atoms with Crippen molar-refractivity contribution in [3.63, 3.8) is 0 Å². The fraction of sp³-hybridized carbons (Fsp3) is 0.571. The molecule has 17 heavy (non-hydrogen) atoms. The SMILES string of the molecule is COc1ccc(Br)c(C2(CN)CCCCC2)c1. The van der Waals surface area contributed by atoms with Crippen LogP contribution in [0.25, 0.3) is 0 Å². The van der Waals surface area contributed by atoms with Crippen LogP contribution in [0.15, 0.2) is 22.7 Å². The Labute approximate surface area is 112 Å². The summed E-state index contributed by atoms with van der Waals surface area (Å²) in [6.45, 7) is 0.721. The standard InChI is InChI=1S/C14H20BrNO/c1-17-11-5-6-13(15)12(9-11)14(10-16)7-3-2-4-8-14/h5-6,9H,2-4,7-8,10,16H2,1H3. The van der Waals surface area contributed by atoms with Crippen molar-refractivity contribution in [1.82, 2.24) is 0 Å². The molecule has 1 aromatic carbocycles. The van der Waals surface area contributed by atoms with Gasteiger partial charge in [-0.25, -0.2) is 0 Å². The maximum atomic E-state index is 6.07. The van der Waals surface area contributed by atoms with E-state index in [0.29, 0.717) is 0 Å². The minimum atomic E-state index is 0.144. The number of methoxy groups -OCH3 is 1. The topological polar surface area (TPSA) is 35.2 Å². The van der Waals surface area contributed by atoms with E-state index in [0.717, 1.165) is 16.8 Å². The van der Waals surface area contributed by atoms with Crippen molar-refractivity contribution >= 4 is 15.9 Å². The number of benzene rings is 1. The van der Waals surface area contributed by atoms with Gasteiger partial charge in [-0.15, -0.1) is 0 Å². The summed E-state index contributed by atoms with van der Waals surface area (Å²) in [5.74, 6) is 0.918. The van der Waals surface area contributed by atoms with Crippen LogP contribution in [0.3, 0.4) is 0 Å². The van der Waals surface area contributed by atoms with Crippen molar-refractivity contribution in [3.05, 3.63) is 28.2 Å². The zero-order valence-corrected chi connectivity index (χ0v) is 11.9. The normalized spacial score (nSPS) is 19.0. The highest BCUT2D eigenvalue weighted by molar-refractivity contribution is 9.10. The number of hydrogen-bond donors (Lipinski definition) is 1. The van der Waals surface area contributed by atoms with Gasteiger partial charge in [0.05, 0.1) is 7.11 Å². The molecular formula is C14H20BrNO. The Morgan fingerprint density at radius 3 is 2.59 bits per heavy atom. The largest absolute Gasteiger partial charge is 0.497 e. The number of hydrogen-bond acceptors (Lipinski definition) is 2. The van der Waals surface area contributed by atoms with Gasteiger partial charge in [0.15, 0.2) is 0 Å². The zero-order valence-electron chi connectivity index (χ0n) is 10.3. The van der Waals surface area contributed by atoms with Gasteiger partial charge in [0.2, 0.25) is 0 Å². The average molecular weight is 298 g/mol. The molecule has 0 bridgehead atoms. The first-order valence-corrected chi connectivity index (χ1v) is 7.05. The Bertz CT molecular complexity index is 386. The Morgan fingerprint density at radius 1 is 1.29 bits per heavy atom. The van der Waals surface area contributed by atoms with Crippen LogP contribution in [-0.4, -0.2) is 13.7 Å². The molecule has 2 N–H and O–H groups in total. The van der Waals surface area contributed by atoms with E-state index < -0.39 is 0 Å². The van der Waals surface area contributed by atoms with Crippen molar-refractivity contribution in [3.8, 4) is 5.75 Å². The van der Waals surface area contributed by atoms with Gasteiger partial charge in [-0.05, 0) is 36.6 Å². The first kappa shape index (κ1) is 12.9. The van der Waals surface area contributed by atoms with Gasteiger partial charge >= 0.3 is 0 Å². The molecule has 0 saturated heterocycles. The van der Waals surface area contributed by atoms with Gasteiger partial charge in [0, 0.05) is 16.4 Å². The third-order valence-corrected chi connectivity index (χ3v) is 4.64. The lowest BCUT2D eigenvalue weighted by molar-refractivity contribution is 0.298. The molecule has 0 atom stereocenters. The highest BCUT2D eigenvalue weighted by atomic mass is 79.9. The Kier molecular flexibility index (Phi) is 4.10. The highest BCUT2D eigenvalue weighted by Crippen LogP contribution is 2.42. The van der Waals surface area contributed by atoms with Crippen molar-refractivity contribution < 1.29 is 4.74 Å². The van der Waals surface area contributed by atoms with Crippen LogP contribution in [0.1, 0.15) is 37.7 Å². The van der Waals surface area contributed by atoms with Crippen LogP contribution in [0.4, 0.5) is 0 Å². The Balaban J connectivity index is 2.41. The lowest BCUT2D eigenvalue weighted by Crippen LogP contribution is -2.37. The Hall–Kier alpha value is -0.540. The summed E-state index contributed by atoms with van der Waals surface area (Å²) in [5, 5.41) is 0. The second kappa shape index (κ2) is 5.40. The zero-order chi connectivity index (χ0) is 12.3. The molecular weight excluding hydrogens is 278 g/mol. The molecule has 0 spiro atoms. The van der Waals surface area contributed by atoms with E-state index >= 15 is 0 Å². The molecule has 0 aromatic heterocycles. The molecule has 1 fully saturated rings. The highest BCUT2D eigenvalue weighted by Gasteiger charge is 2.34. The monoisotopic (exact) mass is 297 g/mol. The first-order valence-electron chi connectivity index (χ1n) is 6.26. The molecule has 2 nitrogen and oxygen atoms in total.